The van der Waals surface area contributed by atoms with E-state index in [9.17, 15) is 18.3 Å². The second-order valence-corrected chi connectivity index (χ2v) is 5.42. The van der Waals surface area contributed by atoms with Crippen molar-refractivity contribution in [1.29, 1.82) is 0 Å². The predicted molar refractivity (Wildman–Crippen MR) is 64.1 cm³/mol. The van der Waals surface area contributed by atoms with Gasteiger partial charge in [-0.3, -0.25) is 0 Å². The molecule has 110 valence electrons. The lowest BCUT2D eigenvalue weighted by molar-refractivity contribution is -0.118. The largest absolute Gasteiger partial charge is 0.434 e. The molecule has 2 fully saturated rings. The first-order chi connectivity index (χ1) is 9.46. The third kappa shape index (κ3) is 2.50. The fourth-order valence-corrected chi connectivity index (χ4v) is 3.21. The standard InChI is InChI=1S/C14H15F3O3/c15-8-1-4-11(12(5-8)20-13(16)17)14(18)6-9-2-3-10(7-14)19-9/h1,4-5,9-10,13,18H,2-3,6-7H2. The van der Waals surface area contributed by atoms with Gasteiger partial charge in [0.2, 0.25) is 0 Å². The molecular formula is C14H15F3O3. The summed E-state index contributed by atoms with van der Waals surface area (Å²) in [6, 6.07) is 3.34. The molecule has 0 aliphatic carbocycles. The van der Waals surface area contributed by atoms with Crippen LogP contribution in [0.25, 0.3) is 0 Å². The van der Waals surface area contributed by atoms with Gasteiger partial charge in [0, 0.05) is 24.5 Å². The maximum atomic E-state index is 13.2. The Bertz CT molecular complexity index is 494. The minimum atomic E-state index is -3.06. The second kappa shape index (κ2) is 4.93. The summed E-state index contributed by atoms with van der Waals surface area (Å²) in [6.45, 7) is -3.06. The molecule has 0 saturated carbocycles. The molecule has 2 unspecified atom stereocenters. The Morgan fingerprint density at radius 1 is 1.25 bits per heavy atom. The maximum absolute atomic E-state index is 13.2. The van der Waals surface area contributed by atoms with Crippen LogP contribution in [-0.2, 0) is 10.3 Å². The number of alkyl halides is 2. The smallest absolute Gasteiger partial charge is 0.387 e. The molecule has 2 atom stereocenters. The first kappa shape index (κ1) is 13.7. The zero-order valence-electron chi connectivity index (χ0n) is 10.7. The minimum absolute atomic E-state index is 0.0804. The van der Waals surface area contributed by atoms with E-state index in [0.717, 1.165) is 25.0 Å². The molecule has 0 aromatic heterocycles. The molecule has 1 aromatic rings. The van der Waals surface area contributed by atoms with E-state index in [2.05, 4.69) is 4.74 Å². The van der Waals surface area contributed by atoms with Crippen molar-refractivity contribution >= 4 is 0 Å². The van der Waals surface area contributed by atoms with Gasteiger partial charge in [0.15, 0.2) is 0 Å². The van der Waals surface area contributed by atoms with Crippen LogP contribution in [0.15, 0.2) is 18.2 Å². The molecule has 2 aliphatic heterocycles. The van der Waals surface area contributed by atoms with Crippen LogP contribution in [0.3, 0.4) is 0 Å². The summed E-state index contributed by atoms with van der Waals surface area (Å²) in [5.74, 6) is -0.980. The van der Waals surface area contributed by atoms with Crippen molar-refractivity contribution in [2.75, 3.05) is 0 Å². The van der Waals surface area contributed by atoms with Crippen LogP contribution in [-0.4, -0.2) is 23.9 Å². The highest BCUT2D eigenvalue weighted by Crippen LogP contribution is 2.46. The van der Waals surface area contributed by atoms with Gasteiger partial charge < -0.3 is 14.6 Å². The van der Waals surface area contributed by atoms with Gasteiger partial charge in [0.05, 0.1) is 17.8 Å². The van der Waals surface area contributed by atoms with Gasteiger partial charge >= 0.3 is 6.61 Å². The van der Waals surface area contributed by atoms with Crippen LogP contribution >= 0.6 is 0 Å². The number of hydrogen-bond acceptors (Lipinski definition) is 3. The number of halogens is 3. The zero-order valence-corrected chi connectivity index (χ0v) is 10.7. The zero-order chi connectivity index (χ0) is 14.3. The highest BCUT2D eigenvalue weighted by Gasteiger charge is 2.46. The van der Waals surface area contributed by atoms with Crippen molar-refractivity contribution in [2.45, 2.75) is 50.1 Å². The summed E-state index contributed by atoms with van der Waals surface area (Å²) in [5.41, 5.74) is -1.10. The van der Waals surface area contributed by atoms with E-state index < -0.39 is 18.0 Å². The normalized spacial score (nSPS) is 32.6. The van der Waals surface area contributed by atoms with Gasteiger partial charge in [-0.2, -0.15) is 8.78 Å². The van der Waals surface area contributed by atoms with E-state index in [0.29, 0.717) is 12.8 Å². The average molecular weight is 288 g/mol. The van der Waals surface area contributed by atoms with Crippen molar-refractivity contribution in [3.05, 3.63) is 29.6 Å². The van der Waals surface area contributed by atoms with Crippen molar-refractivity contribution < 1.29 is 27.8 Å². The third-order valence-electron chi connectivity index (χ3n) is 3.99. The molecule has 0 spiro atoms. The van der Waals surface area contributed by atoms with Crippen LogP contribution in [0, 0.1) is 5.82 Å². The summed E-state index contributed by atoms with van der Waals surface area (Å²) in [5, 5.41) is 10.8. The molecule has 3 rings (SSSR count). The molecule has 1 aromatic carbocycles. The number of rotatable bonds is 3. The quantitative estimate of drug-likeness (QED) is 0.929. The topological polar surface area (TPSA) is 38.7 Å². The second-order valence-electron chi connectivity index (χ2n) is 5.42. The van der Waals surface area contributed by atoms with Crippen LogP contribution < -0.4 is 4.74 Å². The summed E-state index contributed by atoms with van der Waals surface area (Å²) in [6.07, 6.45) is 2.16. The van der Waals surface area contributed by atoms with Gasteiger partial charge in [0.1, 0.15) is 11.6 Å². The Balaban J connectivity index is 1.96. The molecule has 6 heteroatoms. The van der Waals surface area contributed by atoms with Gasteiger partial charge in [-0.25, -0.2) is 4.39 Å². The Labute approximate surface area is 114 Å². The van der Waals surface area contributed by atoms with Gasteiger partial charge in [-0.05, 0) is 25.0 Å². The molecule has 2 bridgehead atoms. The Morgan fingerprint density at radius 3 is 2.50 bits per heavy atom. The van der Waals surface area contributed by atoms with E-state index >= 15 is 0 Å². The van der Waals surface area contributed by atoms with Crippen molar-refractivity contribution in [1.82, 2.24) is 0 Å². The SMILES string of the molecule is OC1(c2ccc(F)cc2OC(F)F)CC2CCC(C1)O2. The molecule has 0 amide bonds. The molecule has 20 heavy (non-hydrogen) atoms. The lowest BCUT2D eigenvalue weighted by Crippen LogP contribution is -2.39. The van der Waals surface area contributed by atoms with Crippen LogP contribution in [0.2, 0.25) is 0 Å². The number of ether oxygens (including phenoxy) is 2. The average Bonchev–Trinajstić information content (AvgIpc) is 2.68. The van der Waals surface area contributed by atoms with Crippen LogP contribution in [0.1, 0.15) is 31.2 Å². The van der Waals surface area contributed by atoms with E-state index in [-0.39, 0.29) is 23.5 Å². The molecule has 0 radical (unpaired) electrons. The van der Waals surface area contributed by atoms with E-state index in [4.69, 9.17) is 4.74 Å². The molecule has 3 nitrogen and oxygen atoms in total. The van der Waals surface area contributed by atoms with Crippen molar-refractivity contribution in [3.63, 3.8) is 0 Å². The summed E-state index contributed by atoms with van der Waals surface area (Å²) >= 11 is 0. The number of hydrogen-bond donors (Lipinski definition) is 1. The molecule has 2 heterocycles. The van der Waals surface area contributed by atoms with Gasteiger partial charge in [-0.1, -0.05) is 0 Å². The van der Waals surface area contributed by atoms with Gasteiger partial charge in [0.25, 0.3) is 0 Å². The monoisotopic (exact) mass is 288 g/mol. The highest BCUT2D eigenvalue weighted by molar-refractivity contribution is 5.39. The summed E-state index contributed by atoms with van der Waals surface area (Å²) < 4.78 is 48.1. The number of benzene rings is 1. The van der Waals surface area contributed by atoms with Crippen LogP contribution in [0.4, 0.5) is 13.2 Å². The fraction of sp³-hybridized carbons (Fsp3) is 0.571. The van der Waals surface area contributed by atoms with Crippen molar-refractivity contribution in [3.8, 4) is 5.75 Å². The molecule has 2 aliphatic rings. The van der Waals surface area contributed by atoms with E-state index in [1.807, 2.05) is 0 Å². The Kier molecular flexibility index (Phi) is 3.38. The van der Waals surface area contributed by atoms with Gasteiger partial charge in [-0.15, -0.1) is 0 Å². The molecule has 1 N–H and O–H groups in total. The van der Waals surface area contributed by atoms with Crippen molar-refractivity contribution in [2.24, 2.45) is 0 Å². The lowest BCUT2D eigenvalue weighted by Gasteiger charge is -2.37. The lowest BCUT2D eigenvalue weighted by atomic mass is 9.83. The third-order valence-corrected chi connectivity index (χ3v) is 3.99. The number of aliphatic hydroxyl groups is 1. The highest BCUT2D eigenvalue weighted by atomic mass is 19.3. The Morgan fingerprint density at radius 2 is 1.90 bits per heavy atom. The van der Waals surface area contributed by atoms with Crippen LogP contribution in [0.5, 0.6) is 5.75 Å². The molecular weight excluding hydrogens is 273 g/mol. The minimum Gasteiger partial charge on any atom is -0.434 e. The summed E-state index contributed by atoms with van der Waals surface area (Å²) in [7, 11) is 0. The maximum Gasteiger partial charge on any atom is 0.387 e. The fourth-order valence-electron chi connectivity index (χ4n) is 3.21. The predicted octanol–water partition coefficient (Wildman–Crippen LogP) is 2.96. The first-order valence-corrected chi connectivity index (χ1v) is 6.59. The Hall–Kier alpha value is -1.27. The number of fused-ring (bicyclic) bond motifs is 2. The molecule has 2 saturated heterocycles. The van der Waals surface area contributed by atoms with E-state index in [1.54, 1.807) is 0 Å². The van der Waals surface area contributed by atoms with E-state index in [1.165, 1.54) is 6.07 Å². The summed E-state index contributed by atoms with van der Waals surface area (Å²) in [4.78, 5) is 0. The first-order valence-electron chi connectivity index (χ1n) is 6.59.